The Morgan fingerprint density at radius 2 is 1.16 bits per heavy atom. The summed E-state index contributed by atoms with van der Waals surface area (Å²) in [4.78, 5) is 0. The van der Waals surface area contributed by atoms with E-state index in [9.17, 15) is 0 Å². The van der Waals surface area contributed by atoms with Gasteiger partial charge in [-0.2, -0.15) is 6.42 Å². The second-order valence-corrected chi connectivity index (χ2v) is 5.96. The Labute approximate surface area is 149 Å². The van der Waals surface area contributed by atoms with Gasteiger partial charge in [-0.15, -0.1) is 0 Å². The zero-order chi connectivity index (χ0) is 12.9. The molecule has 0 heterocycles. The maximum Gasteiger partial charge on any atom is 0 e. The Morgan fingerprint density at radius 3 is 1.58 bits per heavy atom. The summed E-state index contributed by atoms with van der Waals surface area (Å²) in [6.07, 6.45) is 15.3. The maximum atomic E-state index is 3.89. The molecule has 2 unspecified atom stereocenters. The Hall–Kier alpha value is 1.10. The Bertz CT molecular complexity index is 145. The van der Waals surface area contributed by atoms with E-state index in [0.29, 0.717) is 0 Å². The van der Waals surface area contributed by atoms with E-state index in [2.05, 4.69) is 27.7 Å². The summed E-state index contributed by atoms with van der Waals surface area (Å²) in [7, 11) is 0. The van der Waals surface area contributed by atoms with Crippen LogP contribution in [0.4, 0.5) is 0 Å². The molecule has 0 spiro atoms. The fourth-order valence-electron chi connectivity index (χ4n) is 2.36. The minimum absolute atomic E-state index is 0. The molecule has 0 aromatic heterocycles. The monoisotopic (exact) mass is 343 g/mol. The van der Waals surface area contributed by atoms with Crippen LogP contribution in [-0.2, 0) is 32.7 Å². The van der Waals surface area contributed by atoms with Gasteiger partial charge in [0.05, 0.1) is 0 Å². The summed E-state index contributed by atoms with van der Waals surface area (Å²) in [5, 5.41) is 0. The first-order chi connectivity index (χ1) is 8.20. The SMILES string of the molecule is [CH2-]CCCCCC(C)CCCCCC(C)CC.[CH3-].[Y]. The second-order valence-electron chi connectivity index (χ2n) is 5.96. The molecular formula is C18H38Y-2. The van der Waals surface area contributed by atoms with Crippen molar-refractivity contribution in [2.24, 2.45) is 11.8 Å². The fourth-order valence-corrected chi connectivity index (χ4v) is 2.36. The zero-order valence-corrected chi connectivity index (χ0v) is 17.1. The molecule has 0 rings (SSSR count). The van der Waals surface area contributed by atoms with Gasteiger partial charge in [0.25, 0.3) is 0 Å². The van der Waals surface area contributed by atoms with Crippen molar-refractivity contribution in [3.05, 3.63) is 14.4 Å². The third-order valence-electron chi connectivity index (χ3n) is 4.04. The molecule has 1 radical (unpaired) electrons. The smallest absolute Gasteiger partial charge is 0 e. The summed E-state index contributed by atoms with van der Waals surface area (Å²) < 4.78 is 0. The van der Waals surface area contributed by atoms with Gasteiger partial charge in [-0.3, -0.25) is 0 Å². The van der Waals surface area contributed by atoms with Crippen LogP contribution in [0.1, 0.15) is 91.4 Å². The molecule has 19 heavy (non-hydrogen) atoms. The van der Waals surface area contributed by atoms with E-state index in [-0.39, 0.29) is 40.1 Å². The first kappa shape index (κ1) is 25.1. The number of rotatable bonds is 12. The largest absolute Gasteiger partial charge is 0.358 e. The van der Waals surface area contributed by atoms with E-state index in [1.54, 1.807) is 0 Å². The topological polar surface area (TPSA) is 0 Å². The minimum Gasteiger partial charge on any atom is -0.358 e. The predicted molar refractivity (Wildman–Crippen MR) is 86.6 cm³/mol. The quantitative estimate of drug-likeness (QED) is 0.268. The van der Waals surface area contributed by atoms with Crippen LogP contribution in [0, 0.1) is 26.2 Å². The maximum absolute atomic E-state index is 3.89. The van der Waals surface area contributed by atoms with Crippen molar-refractivity contribution in [3.8, 4) is 0 Å². The third kappa shape index (κ3) is 19.1. The van der Waals surface area contributed by atoms with Crippen LogP contribution in [0.2, 0.25) is 0 Å². The van der Waals surface area contributed by atoms with E-state index in [1.165, 1.54) is 64.2 Å². The standard InChI is InChI=1S/C17H35.CH3.Y/c1-5-7-8-10-14-17(4)15-12-9-11-13-16(3)6-2;;/h16-17H,1,5-15H2,2-4H3;1H3;/q2*-1;. The summed E-state index contributed by atoms with van der Waals surface area (Å²) in [5.41, 5.74) is 0. The van der Waals surface area contributed by atoms with Gasteiger partial charge in [-0.05, 0) is 11.8 Å². The van der Waals surface area contributed by atoms with Gasteiger partial charge in [0, 0.05) is 32.7 Å². The van der Waals surface area contributed by atoms with Crippen LogP contribution >= 0.6 is 0 Å². The normalized spacial score (nSPS) is 13.3. The second kappa shape index (κ2) is 19.1. The first-order valence-corrected chi connectivity index (χ1v) is 7.99. The molecule has 0 saturated heterocycles. The molecule has 0 saturated carbocycles. The summed E-state index contributed by atoms with van der Waals surface area (Å²) in [5.74, 6) is 1.89. The zero-order valence-electron chi connectivity index (χ0n) is 14.2. The van der Waals surface area contributed by atoms with Crippen LogP contribution < -0.4 is 0 Å². The molecule has 2 atom stereocenters. The summed E-state index contributed by atoms with van der Waals surface area (Å²) in [6.45, 7) is 11.0. The molecule has 0 nitrogen and oxygen atoms in total. The average molecular weight is 343 g/mol. The van der Waals surface area contributed by atoms with Gasteiger partial charge in [-0.25, -0.2) is 0 Å². The van der Waals surface area contributed by atoms with E-state index in [0.717, 1.165) is 18.3 Å². The van der Waals surface area contributed by atoms with Gasteiger partial charge in [0.15, 0.2) is 0 Å². The van der Waals surface area contributed by atoms with Crippen molar-refractivity contribution < 1.29 is 32.7 Å². The van der Waals surface area contributed by atoms with Crippen LogP contribution in [0.15, 0.2) is 0 Å². The predicted octanol–water partition coefficient (Wildman–Crippen LogP) is 6.85. The molecular weight excluding hydrogens is 305 g/mol. The molecule has 0 aliphatic carbocycles. The van der Waals surface area contributed by atoms with Gasteiger partial charge in [0.1, 0.15) is 0 Å². The van der Waals surface area contributed by atoms with Crippen LogP contribution in [0.25, 0.3) is 0 Å². The van der Waals surface area contributed by atoms with Gasteiger partial charge >= 0.3 is 0 Å². The van der Waals surface area contributed by atoms with Crippen LogP contribution in [0.5, 0.6) is 0 Å². The van der Waals surface area contributed by atoms with Crippen molar-refractivity contribution in [3.63, 3.8) is 0 Å². The van der Waals surface area contributed by atoms with Gasteiger partial charge in [0.2, 0.25) is 0 Å². The van der Waals surface area contributed by atoms with Crippen LogP contribution in [0.3, 0.4) is 0 Å². The van der Waals surface area contributed by atoms with Crippen molar-refractivity contribution in [1.29, 1.82) is 0 Å². The van der Waals surface area contributed by atoms with Gasteiger partial charge in [-0.1, -0.05) is 85.0 Å². The molecule has 0 fully saturated rings. The first-order valence-electron chi connectivity index (χ1n) is 7.99. The van der Waals surface area contributed by atoms with E-state index >= 15 is 0 Å². The average Bonchev–Trinajstić information content (AvgIpc) is 2.34. The van der Waals surface area contributed by atoms with Gasteiger partial charge < -0.3 is 14.4 Å². The third-order valence-corrected chi connectivity index (χ3v) is 4.04. The van der Waals surface area contributed by atoms with E-state index in [1.807, 2.05) is 0 Å². The molecule has 0 aliphatic heterocycles. The van der Waals surface area contributed by atoms with Crippen molar-refractivity contribution in [2.45, 2.75) is 91.4 Å². The number of hydrogen-bond acceptors (Lipinski definition) is 0. The minimum atomic E-state index is 0. The number of hydrogen-bond donors (Lipinski definition) is 0. The van der Waals surface area contributed by atoms with E-state index in [4.69, 9.17) is 0 Å². The Balaban J connectivity index is -0.00000128. The molecule has 0 amide bonds. The molecule has 0 bridgehead atoms. The molecule has 0 N–H and O–H groups in total. The summed E-state index contributed by atoms with van der Waals surface area (Å²) in [6, 6.07) is 0. The molecule has 115 valence electrons. The molecule has 1 heteroatoms. The van der Waals surface area contributed by atoms with Crippen molar-refractivity contribution in [1.82, 2.24) is 0 Å². The van der Waals surface area contributed by atoms with E-state index < -0.39 is 0 Å². The Kier molecular flexibility index (Phi) is 25.2. The molecule has 0 aliphatic rings. The Morgan fingerprint density at radius 1 is 0.737 bits per heavy atom. The van der Waals surface area contributed by atoms with Crippen molar-refractivity contribution >= 4 is 0 Å². The summed E-state index contributed by atoms with van der Waals surface area (Å²) >= 11 is 0. The fraction of sp³-hybridized carbons (Fsp3) is 0.889. The van der Waals surface area contributed by atoms with Crippen molar-refractivity contribution in [2.75, 3.05) is 0 Å². The van der Waals surface area contributed by atoms with Crippen LogP contribution in [-0.4, -0.2) is 0 Å². The molecule has 0 aromatic rings. The number of unbranched alkanes of at least 4 members (excludes halogenated alkanes) is 5. The molecule has 0 aromatic carbocycles.